The Morgan fingerprint density at radius 3 is 2.15 bits per heavy atom. The SMILES string of the molecule is Cc1ccc(S(=O)(=O)Nc2ccc(F)cc2)cc1C(=O)Nc1ccc(N2CCN(C)CC2)cc1. The van der Waals surface area contributed by atoms with Crippen LogP contribution >= 0.6 is 0 Å². The Bertz CT molecular complexity index is 1270. The summed E-state index contributed by atoms with van der Waals surface area (Å²) in [4.78, 5) is 17.5. The van der Waals surface area contributed by atoms with Gasteiger partial charge in [-0.05, 0) is 80.2 Å². The lowest BCUT2D eigenvalue weighted by molar-refractivity contribution is 0.102. The zero-order valence-corrected chi connectivity index (χ0v) is 19.9. The van der Waals surface area contributed by atoms with E-state index >= 15 is 0 Å². The van der Waals surface area contributed by atoms with Crippen molar-refractivity contribution in [2.75, 3.05) is 48.2 Å². The van der Waals surface area contributed by atoms with Gasteiger partial charge in [0.2, 0.25) is 0 Å². The molecule has 178 valence electrons. The molecule has 1 saturated heterocycles. The molecule has 2 N–H and O–H groups in total. The lowest BCUT2D eigenvalue weighted by Crippen LogP contribution is -2.44. The molecule has 4 rings (SSSR count). The average molecular weight is 483 g/mol. The number of sulfonamides is 1. The maximum absolute atomic E-state index is 13.1. The highest BCUT2D eigenvalue weighted by Crippen LogP contribution is 2.23. The number of hydrogen-bond donors (Lipinski definition) is 2. The van der Waals surface area contributed by atoms with Gasteiger partial charge < -0.3 is 15.1 Å². The van der Waals surface area contributed by atoms with E-state index in [2.05, 4.69) is 26.9 Å². The van der Waals surface area contributed by atoms with Crippen molar-refractivity contribution < 1.29 is 17.6 Å². The molecule has 0 aliphatic carbocycles. The van der Waals surface area contributed by atoms with E-state index in [-0.39, 0.29) is 16.1 Å². The van der Waals surface area contributed by atoms with Crippen LogP contribution in [0.25, 0.3) is 0 Å². The summed E-state index contributed by atoms with van der Waals surface area (Å²) in [5.41, 5.74) is 2.85. The number of halogens is 1. The van der Waals surface area contributed by atoms with Gasteiger partial charge in [0.1, 0.15) is 5.82 Å². The zero-order chi connectivity index (χ0) is 24.3. The van der Waals surface area contributed by atoms with Crippen LogP contribution in [-0.2, 0) is 10.0 Å². The molecular formula is C25H27FN4O3S. The van der Waals surface area contributed by atoms with Crippen LogP contribution in [0.2, 0.25) is 0 Å². The highest BCUT2D eigenvalue weighted by Gasteiger charge is 2.19. The Morgan fingerprint density at radius 1 is 0.882 bits per heavy atom. The van der Waals surface area contributed by atoms with Crippen molar-refractivity contribution in [3.05, 3.63) is 83.7 Å². The molecule has 1 heterocycles. The molecule has 3 aromatic carbocycles. The number of aryl methyl sites for hydroxylation is 1. The standard InChI is InChI=1S/C25H27FN4O3S/c1-18-3-12-23(34(32,33)28-21-6-4-19(26)5-7-21)17-24(18)25(31)27-20-8-10-22(11-9-20)30-15-13-29(2)14-16-30/h3-12,17,28H,13-16H2,1-2H3,(H,27,31). The third kappa shape index (κ3) is 5.55. The molecule has 0 saturated carbocycles. The van der Waals surface area contributed by atoms with E-state index in [0.717, 1.165) is 31.9 Å². The maximum Gasteiger partial charge on any atom is 0.261 e. The summed E-state index contributed by atoms with van der Waals surface area (Å²) < 4.78 is 41.1. The predicted octanol–water partition coefficient (Wildman–Crippen LogP) is 3.94. The number of rotatable bonds is 6. The van der Waals surface area contributed by atoms with E-state index in [9.17, 15) is 17.6 Å². The molecular weight excluding hydrogens is 455 g/mol. The maximum atomic E-state index is 13.1. The molecule has 0 aromatic heterocycles. The number of carbonyl (C=O) groups is 1. The van der Waals surface area contributed by atoms with Gasteiger partial charge >= 0.3 is 0 Å². The molecule has 1 amide bonds. The second-order valence-corrected chi connectivity index (χ2v) is 10.1. The molecule has 0 radical (unpaired) electrons. The minimum absolute atomic E-state index is 0.0574. The summed E-state index contributed by atoms with van der Waals surface area (Å²) in [7, 11) is -1.85. The first kappa shape index (κ1) is 23.7. The van der Waals surface area contributed by atoms with E-state index in [0.29, 0.717) is 11.3 Å². The molecule has 0 spiro atoms. The molecule has 1 fully saturated rings. The van der Waals surface area contributed by atoms with Crippen LogP contribution in [0.1, 0.15) is 15.9 Å². The predicted molar refractivity (Wildman–Crippen MR) is 132 cm³/mol. The molecule has 3 aromatic rings. The van der Waals surface area contributed by atoms with E-state index < -0.39 is 21.7 Å². The van der Waals surface area contributed by atoms with Gasteiger partial charge in [-0.25, -0.2) is 12.8 Å². The monoisotopic (exact) mass is 482 g/mol. The van der Waals surface area contributed by atoms with Gasteiger partial charge in [0.15, 0.2) is 0 Å². The Labute approximate surface area is 199 Å². The fraction of sp³-hybridized carbons (Fsp3) is 0.240. The summed E-state index contributed by atoms with van der Waals surface area (Å²) in [6, 6.07) is 17.0. The molecule has 0 bridgehead atoms. The Hall–Kier alpha value is -3.43. The van der Waals surface area contributed by atoms with Gasteiger partial charge in [-0.15, -0.1) is 0 Å². The fourth-order valence-corrected chi connectivity index (χ4v) is 4.85. The summed E-state index contributed by atoms with van der Waals surface area (Å²) >= 11 is 0. The summed E-state index contributed by atoms with van der Waals surface area (Å²) in [6.45, 7) is 5.67. The highest BCUT2D eigenvalue weighted by atomic mass is 32.2. The van der Waals surface area contributed by atoms with Crippen LogP contribution in [0.4, 0.5) is 21.5 Å². The van der Waals surface area contributed by atoms with E-state index in [1.807, 2.05) is 24.3 Å². The number of amides is 1. The molecule has 0 atom stereocenters. The van der Waals surface area contributed by atoms with Crippen molar-refractivity contribution >= 4 is 33.0 Å². The topological polar surface area (TPSA) is 81.7 Å². The van der Waals surface area contributed by atoms with Crippen molar-refractivity contribution in [2.45, 2.75) is 11.8 Å². The van der Waals surface area contributed by atoms with E-state index in [1.165, 1.54) is 36.4 Å². The van der Waals surface area contributed by atoms with Crippen LogP contribution in [0.15, 0.2) is 71.6 Å². The third-order valence-electron chi connectivity index (χ3n) is 5.85. The number of hydrogen-bond acceptors (Lipinski definition) is 5. The lowest BCUT2D eigenvalue weighted by Gasteiger charge is -2.34. The largest absolute Gasteiger partial charge is 0.369 e. The first-order valence-corrected chi connectivity index (χ1v) is 12.4. The number of piperazine rings is 1. The number of carbonyl (C=O) groups excluding carboxylic acids is 1. The average Bonchev–Trinajstić information content (AvgIpc) is 2.81. The van der Waals surface area contributed by atoms with Crippen molar-refractivity contribution in [2.24, 2.45) is 0 Å². The van der Waals surface area contributed by atoms with Crippen molar-refractivity contribution in [1.29, 1.82) is 0 Å². The fourth-order valence-electron chi connectivity index (χ4n) is 3.76. The first-order valence-electron chi connectivity index (χ1n) is 11.0. The molecule has 1 aliphatic rings. The van der Waals surface area contributed by atoms with Crippen molar-refractivity contribution in [3.8, 4) is 0 Å². The minimum atomic E-state index is -3.96. The molecule has 0 unspecified atom stereocenters. The van der Waals surface area contributed by atoms with Crippen LogP contribution < -0.4 is 14.9 Å². The van der Waals surface area contributed by atoms with Gasteiger partial charge in [-0.3, -0.25) is 9.52 Å². The van der Waals surface area contributed by atoms with Crippen LogP contribution in [0, 0.1) is 12.7 Å². The Balaban J connectivity index is 1.48. The number of likely N-dealkylation sites (N-methyl/N-ethyl adjacent to an activating group) is 1. The second-order valence-electron chi connectivity index (χ2n) is 8.38. The molecule has 9 heteroatoms. The molecule has 34 heavy (non-hydrogen) atoms. The molecule has 7 nitrogen and oxygen atoms in total. The third-order valence-corrected chi connectivity index (χ3v) is 7.23. The van der Waals surface area contributed by atoms with E-state index in [4.69, 9.17) is 0 Å². The van der Waals surface area contributed by atoms with Gasteiger partial charge in [-0.2, -0.15) is 0 Å². The zero-order valence-electron chi connectivity index (χ0n) is 19.1. The van der Waals surface area contributed by atoms with Gasteiger partial charge in [0, 0.05) is 48.8 Å². The van der Waals surface area contributed by atoms with Crippen molar-refractivity contribution in [3.63, 3.8) is 0 Å². The normalized spacial score (nSPS) is 14.6. The number of nitrogens with zero attached hydrogens (tertiary/aromatic N) is 2. The van der Waals surface area contributed by atoms with Crippen molar-refractivity contribution in [1.82, 2.24) is 4.90 Å². The highest BCUT2D eigenvalue weighted by molar-refractivity contribution is 7.92. The minimum Gasteiger partial charge on any atom is -0.369 e. The van der Waals surface area contributed by atoms with Gasteiger partial charge in [0.25, 0.3) is 15.9 Å². The van der Waals surface area contributed by atoms with Gasteiger partial charge in [0.05, 0.1) is 4.90 Å². The van der Waals surface area contributed by atoms with Crippen LogP contribution in [0.5, 0.6) is 0 Å². The summed E-state index contributed by atoms with van der Waals surface area (Å²) in [5.74, 6) is -0.863. The van der Waals surface area contributed by atoms with Crippen LogP contribution in [0.3, 0.4) is 0 Å². The Morgan fingerprint density at radius 2 is 1.50 bits per heavy atom. The lowest BCUT2D eigenvalue weighted by atomic mass is 10.1. The summed E-state index contributed by atoms with van der Waals surface area (Å²) in [6.07, 6.45) is 0. The van der Waals surface area contributed by atoms with E-state index in [1.54, 1.807) is 13.0 Å². The number of anilines is 3. The number of benzene rings is 3. The number of nitrogens with one attached hydrogen (secondary N) is 2. The first-order chi connectivity index (χ1) is 16.2. The second kappa shape index (κ2) is 9.82. The van der Waals surface area contributed by atoms with Crippen LogP contribution in [-0.4, -0.2) is 52.5 Å². The van der Waals surface area contributed by atoms with Gasteiger partial charge in [-0.1, -0.05) is 6.07 Å². The molecule has 1 aliphatic heterocycles. The quantitative estimate of drug-likeness (QED) is 0.556. The summed E-state index contributed by atoms with van der Waals surface area (Å²) in [5, 5.41) is 2.85. The Kier molecular flexibility index (Phi) is 6.85. The smallest absolute Gasteiger partial charge is 0.261 e.